The number of aliphatic hydroxyl groups is 1. The summed E-state index contributed by atoms with van der Waals surface area (Å²) in [4.78, 5) is 12.7. The molecule has 0 saturated heterocycles. The molecule has 17 heavy (non-hydrogen) atoms. The minimum Gasteiger partial charge on any atom is -0.383 e. The summed E-state index contributed by atoms with van der Waals surface area (Å²) in [6.45, 7) is 0. The van der Waals surface area contributed by atoms with Gasteiger partial charge in [0.2, 0.25) is 0 Å². The van der Waals surface area contributed by atoms with Crippen LogP contribution in [-0.2, 0) is 5.60 Å². The molecular weight excluding hydrogens is 232 g/mol. The highest BCUT2D eigenvalue weighted by Crippen LogP contribution is 2.65. The molecule has 1 spiro atoms. The first-order chi connectivity index (χ1) is 8.20. The van der Waals surface area contributed by atoms with Gasteiger partial charge in [0.05, 0.1) is 0 Å². The molecule has 0 amide bonds. The molecule has 0 radical (unpaired) electrons. The van der Waals surface area contributed by atoms with Crippen LogP contribution >= 0.6 is 11.8 Å². The summed E-state index contributed by atoms with van der Waals surface area (Å²) in [6, 6.07) is 7.53. The number of hydrogen-bond donors (Lipinski definition) is 1. The van der Waals surface area contributed by atoms with Gasteiger partial charge < -0.3 is 5.11 Å². The molecule has 3 atom stereocenters. The van der Waals surface area contributed by atoms with E-state index in [4.69, 9.17) is 0 Å². The van der Waals surface area contributed by atoms with Crippen molar-refractivity contribution in [2.45, 2.75) is 23.2 Å². The highest BCUT2D eigenvalue weighted by molar-refractivity contribution is 8.04. The van der Waals surface area contributed by atoms with Crippen LogP contribution in [-0.4, -0.2) is 15.6 Å². The zero-order valence-electron chi connectivity index (χ0n) is 9.22. The van der Waals surface area contributed by atoms with Crippen molar-refractivity contribution in [2.75, 3.05) is 0 Å². The Kier molecular flexibility index (Phi) is 1.66. The highest BCUT2D eigenvalue weighted by atomic mass is 32.2. The van der Waals surface area contributed by atoms with E-state index in [2.05, 4.69) is 6.08 Å². The Morgan fingerprint density at radius 2 is 2.18 bits per heavy atom. The first kappa shape index (κ1) is 9.92. The molecule has 0 unspecified atom stereocenters. The molecule has 1 heterocycles. The molecule has 1 aromatic rings. The van der Waals surface area contributed by atoms with Crippen molar-refractivity contribution in [3.8, 4) is 0 Å². The molecule has 0 bridgehead atoms. The number of allylic oxidation sites excluding steroid dienone is 1. The van der Waals surface area contributed by atoms with Gasteiger partial charge in [0.15, 0.2) is 5.78 Å². The van der Waals surface area contributed by atoms with Gasteiger partial charge in [0.1, 0.15) is 10.3 Å². The zero-order chi connectivity index (χ0) is 11.7. The van der Waals surface area contributed by atoms with Gasteiger partial charge >= 0.3 is 0 Å². The SMILES string of the molecule is O=C1c2ccccc2[C@]2(O)CC[C@H]3C=CS[C@]132. The Bertz CT molecular complexity index is 565. The van der Waals surface area contributed by atoms with Crippen LogP contribution in [0.5, 0.6) is 0 Å². The normalized spacial score (nSPS) is 41.5. The van der Waals surface area contributed by atoms with Gasteiger partial charge in [0.25, 0.3) is 0 Å². The Morgan fingerprint density at radius 3 is 3.06 bits per heavy atom. The lowest BCUT2D eigenvalue weighted by molar-refractivity contribution is 0.0232. The highest BCUT2D eigenvalue weighted by Gasteiger charge is 2.70. The van der Waals surface area contributed by atoms with Crippen molar-refractivity contribution in [3.05, 3.63) is 46.9 Å². The molecule has 1 aromatic carbocycles. The lowest BCUT2D eigenvalue weighted by Gasteiger charge is -2.34. The summed E-state index contributed by atoms with van der Waals surface area (Å²) < 4.78 is -0.656. The van der Waals surface area contributed by atoms with E-state index in [1.165, 1.54) is 11.8 Å². The quantitative estimate of drug-likeness (QED) is 0.762. The number of carbonyl (C=O) groups excluding carboxylic acids is 1. The fourth-order valence-electron chi connectivity index (χ4n) is 3.70. The Hall–Kier alpha value is -1.06. The molecule has 1 N–H and O–H groups in total. The average Bonchev–Trinajstić information content (AvgIpc) is 2.94. The summed E-state index contributed by atoms with van der Waals surface area (Å²) in [7, 11) is 0. The standard InChI is InChI=1S/C14H12O2S/c15-12-10-3-1-2-4-11(10)13(16)7-5-9-6-8-17-14(9,12)13/h1-4,6,8-9,16H,5,7H2/t9-,13+,14-/m0/s1. The molecule has 4 rings (SSSR count). The first-order valence-electron chi connectivity index (χ1n) is 5.91. The van der Waals surface area contributed by atoms with Crippen LogP contribution < -0.4 is 0 Å². The third kappa shape index (κ3) is 0.860. The number of carbonyl (C=O) groups is 1. The van der Waals surface area contributed by atoms with Gasteiger partial charge in [-0.15, -0.1) is 11.8 Å². The molecule has 86 valence electrons. The number of fused-ring (bicyclic) bond motifs is 2. The molecule has 2 nitrogen and oxygen atoms in total. The lowest BCUT2D eigenvalue weighted by Crippen LogP contribution is -2.47. The molecule has 3 aliphatic rings. The van der Waals surface area contributed by atoms with E-state index in [1.54, 1.807) is 0 Å². The van der Waals surface area contributed by atoms with Gasteiger partial charge in [-0.05, 0) is 23.8 Å². The van der Waals surface area contributed by atoms with Crippen molar-refractivity contribution >= 4 is 17.5 Å². The third-order valence-corrected chi connectivity index (χ3v) is 5.96. The van der Waals surface area contributed by atoms with E-state index in [9.17, 15) is 9.90 Å². The topological polar surface area (TPSA) is 37.3 Å². The Balaban J connectivity index is 2.04. The van der Waals surface area contributed by atoms with Crippen LogP contribution in [0, 0.1) is 5.92 Å². The van der Waals surface area contributed by atoms with Crippen molar-refractivity contribution < 1.29 is 9.90 Å². The number of benzene rings is 1. The van der Waals surface area contributed by atoms with Crippen LogP contribution in [0.15, 0.2) is 35.7 Å². The van der Waals surface area contributed by atoms with Crippen LogP contribution in [0.25, 0.3) is 0 Å². The molecule has 2 aliphatic carbocycles. The van der Waals surface area contributed by atoms with Crippen molar-refractivity contribution in [2.24, 2.45) is 5.92 Å². The van der Waals surface area contributed by atoms with Gasteiger partial charge in [-0.1, -0.05) is 30.3 Å². The smallest absolute Gasteiger partial charge is 0.183 e. The van der Waals surface area contributed by atoms with Gasteiger partial charge in [-0.25, -0.2) is 0 Å². The van der Waals surface area contributed by atoms with Crippen LogP contribution in [0.4, 0.5) is 0 Å². The number of ketones is 1. The van der Waals surface area contributed by atoms with Crippen molar-refractivity contribution in [1.29, 1.82) is 0 Å². The van der Waals surface area contributed by atoms with E-state index in [0.717, 1.165) is 17.5 Å². The maximum Gasteiger partial charge on any atom is 0.183 e. The Labute approximate surface area is 104 Å². The molecule has 1 aliphatic heterocycles. The maximum absolute atomic E-state index is 12.7. The number of hydrogen-bond acceptors (Lipinski definition) is 3. The summed E-state index contributed by atoms with van der Waals surface area (Å²) in [5.41, 5.74) is 0.596. The minimum atomic E-state index is -0.959. The summed E-state index contributed by atoms with van der Waals surface area (Å²) in [5.74, 6) is 0.311. The molecule has 1 fully saturated rings. The van der Waals surface area contributed by atoms with Crippen LogP contribution in [0.1, 0.15) is 28.8 Å². The number of rotatable bonds is 0. The Morgan fingerprint density at radius 1 is 1.35 bits per heavy atom. The van der Waals surface area contributed by atoms with E-state index in [1.807, 2.05) is 29.7 Å². The van der Waals surface area contributed by atoms with E-state index in [0.29, 0.717) is 6.42 Å². The minimum absolute atomic E-state index is 0.119. The predicted octanol–water partition coefficient (Wildman–Crippen LogP) is 2.48. The number of thioether (sulfide) groups is 1. The lowest BCUT2D eigenvalue weighted by atomic mass is 9.85. The van der Waals surface area contributed by atoms with Crippen LogP contribution in [0.2, 0.25) is 0 Å². The molecule has 1 saturated carbocycles. The van der Waals surface area contributed by atoms with Gasteiger partial charge in [0, 0.05) is 11.5 Å². The fourth-order valence-corrected chi connectivity index (χ4v) is 5.18. The van der Waals surface area contributed by atoms with Gasteiger partial charge in [-0.2, -0.15) is 0 Å². The van der Waals surface area contributed by atoms with Crippen LogP contribution in [0.3, 0.4) is 0 Å². The third-order valence-electron chi connectivity index (χ3n) is 4.47. The summed E-state index contributed by atoms with van der Waals surface area (Å²) >= 11 is 1.51. The van der Waals surface area contributed by atoms with E-state index in [-0.39, 0.29) is 11.7 Å². The largest absolute Gasteiger partial charge is 0.383 e. The summed E-state index contributed by atoms with van der Waals surface area (Å²) in [5, 5.41) is 13.0. The zero-order valence-corrected chi connectivity index (χ0v) is 10.0. The predicted molar refractivity (Wildman–Crippen MR) is 66.9 cm³/mol. The van der Waals surface area contributed by atoms with Gasteiger partial charge in [-0.3, -0.25) is 4.79 Å². The fraction of sp³-hybridized carbons (Fsp3) is 0.357. The second-order valence-corrected chi connectivity index (χ2v) is 6.21. The molecule has 3 heteroatoms. The second-order valence-electron chi connectivity index (χ2n) is 5.06. The van der Waals surface area contributed by atoms with E-state index < -0.39 is 10.3 Å². The van der Waals surface area contributed by atoms with Crippen molar-refractivity contribution in [3.63, 3.8) is 0 Å². The second kappa shape index (κ2) is 2.85. The maximum atomic E-state index is 12.7. The number of Topliss-reactive ketones (excluding diaryl/α,β-unsaturated/α-hetero) is 1. The van der Waals surface area contributed by atoms with E-state index >= 15 is 0 Å². The molecule has 0 aromatic heterocycles. The average molecular weight is 244 g/mol. The van der Waals surface area contributed by atoms with Crippen molar-refractivity contribution in [1.82, 2.24) is 0 Å². The summed E-state index contributed by atoms with van der Waals surface area (Å²) in [6.07, 6.45) is 3.68. The first-order valence-corrected chi connectivity index (χ1v) is 6.79. The molecular formula is C14H12O2S. The monoisotopic (exact) mass is 244 g/mol.